The third kappa shape index (κ3) is 5.85. The molecule has 2 amide bonds. The second-order valence-electron chi connectivity index (χ2n) is 7.91. The van der Waals surface area contributed by atoms with Gasteiger partial charge < -0.3 is 10.6 Å². The molecule has 0 heterocycles. The predicted molar refractivity (Wildman–Crippen MR) is 123 cm³/mol. The Bertz CT molecular complexity index is 1020. The zero-order chi connectivity index (χ0) is 22.4. The van der Waals surface area contributed by atoms with Crippen molar-refractivity contribution in [3.63, 3.8) is 0 Å². The Hall–Kier alpha value is -2.87. The van der Waals surface area contributed by atoms with Crippen LogP contribution in [0.2, 0.25) is 0 Å². The van der Waals surface area contributed by atoms with Gasteiger partial charge in [-0.25, -0.2) is 8.42 Å². The minimum atomic E-state index is -3.71. The van der Waals surface area contributed by atoms with Crippen LogP contribution < -0.4 is 14.9 Å². The zero-order valence-corrected chi connectivity index (χ0v) is 18.7. The van der Waals surface area contributed by atoms with Crippen molar-refractivity contribution in [2.75, 3.05) is 15.9 Å². The summed E-state index contributed by atoms with van der Waals surface area (Å²) in [6, 6.07) is 14.4. The molecular weight excluding hydrogens is 414 g/mol. The summed E-state index contributed by atoms with van der Waals surface area (Å²) in [5.74, 6) is -0.759. The summed E-state index contributed by atoms with van der Waals surface area (Å²) in [6.07, 6.45) is 6.36. The highest BCUT2D eigenvalue weighted by atomic mass is 32.2. The van der Waals surface area contributed by atoms with Crippen LogP contribution in [0.4, 0.5) is 11.4 Å². The van der Waals surface area contributed by atoms with Crippen molar-refractivity contribution in [1.82, 2.24) is 5.32 Å². The van der Waals surface area contributed by atoms with E-state index in [9.17, 15) is 18.0 Å². The Morgan fingerprint density at radius 1 is 0.968 bits per heavy atom. The maximum atomic E-state index is 13.0. The van der Waals surface area contributed by atoms with Gasteiger partial charge in [0.1, 0.15) is 6.04 Å². The van der Waals surface area contributed by atoms with Crippen LogP contribution in [0.25, 0.3) is 0 Å². The summed E-state index contributed by atoms with van der Waals surface area (Å²) in [4.78, 5) is 25.8. The molecule has 1 atom stereocenters. The topological polar surface area (TPSA) is 95.6 Å². The minimum absolute atomic E-state index is 0.141. The number of amides is 2. The number of rotatable bonds is 7. The summed E-state index contributed by atoms with van der Waals surface area (Å²) >= 11 is 0. The normalized spacial score (nSPS) is 15.7. The van der Waals surface area contributed by atoms with Gasteiger partial charge in [0.15, 0.2) is 0 Å². The van der Waals surface area contributed by atoms with E-state index in [4.69, 9.17) is 0 Å². The average Bonchev–Trinajstić information content (AvgIpc) is 2.74. The molecule has 0 radical (unpaired) electrons. The largest absolute Gasteiger partial charge is 0.349 e. The molecule has 3 rings (SSSR count). The summed E-state index contributed by atoms with van der Waals surface area (Å²) in [5, 5.41) is 5.80. The van der Waals surface area contributed by atoms with E-state index in [2.05, 4.69) is 10.6 Å². The van der Waals surface area contributed by atoms with Crippen molar-refractivity contribution >= 4 is 33.2 Å². The second kappa shape index (κ2) is 9.96. The zero-order valence-electron chi connectivity index (χ0n) is 17.9. The molecule has 0 saturated heterocycles. The van der Waals surface area contributed by atoms with Gasteiger partial charge in [-0.1, -0.05) is 49.6 Å². The number of benzene rings is 2. The molecule has 1 aliphatic rings. The number of nitrogens with zero attached hydrogens (tertiary/aromatic N) is 1. The van der Waals surface area contributed by atoms with Gasteiger partial charge in [-0.15, -0.1) is 0 Å². The lowest BCUT2D eigenvalue weighted by molar-refractivity contribution is -0.116. The van der Waals surface area contributed by atoms with Crippen molar-refractivity contribution in [2.45, 2.75) is 51.1 Å². The molecule has 2 aromatic rings. The molecule has 2 aromatic carbocycles. The lowest BCUT2D eigenvalue weighted by Gasteiger charge is -2.28. The van der Waals surface area contributed by atoms with Gasteiger partial charge in [0, 0.05) is 6.04 Å². The van der Waals surface area contributed by atoms with E-state index in [-0.39, 0.29) is 11.9 Å². The lowest BCUT2D eigenvalue weighted by Crippen LogP contribution is -2.45. The predicted octanol–water partition coefficient (Wildman–Crippen LogP) is 3.54. The first-order valence-electron chi connectivity index (χ1n) is 10.5. The highest BCUT2D eigenvalue weighted by Gasteiger charge is 2.29. The van der Waals surface area contributed by atoms with E-state index in [1.807, 2.05) is 0 Å². The maximum Gasteiger partial charge on any atom is 0.253 e. The van der Waals surface area contributed by atoms with E-state index >= 15 is 0 Å². The number of sulfonamides is 1. The van der Waals surface area contributed by atoms with Crippen molar-refractivity contribution in [1.29, 1.82) is 0 Å². The van der Waals surface area contributed by atoms with Crippen molar-refractivity contribution in [3.05, 3.63) is 60.2 Å². The van der Waals surface area contributed by atoms with Crippen LogP contribution in [0.3, 0.4) is 0 Å². The fourth-order valence-electron chi connectivity index (χ4n) is 3.92. The average molecular weight is 444 g/mol. The second-order valence-corrected chi connectivity index (χ2v) is 9.77. The highest BCUT2D eigenvalue weighted by molar-refractivity contribution is 7.92. The molecule has 1 saturated carbocycles. The van der Waals surface area contributed by atoms with Crippen LogP contribution in [0.1, 0.15) is 49.4 Å². The first kappa shape index (κ1) is 22.8. The Labute approximate surface area is 183 Å². The molecule has 0 spiro atoms. The van der Waals surface area contributed by atoms with E-state index in [1.165, 1.54) is 13.3 Å². The molecule has 8 heteroatoms. The third-order valence-electron chi connectivity index (χ3n) is 5.47. The Morgan fingerprint density at radius 2 is 1.58 bits per heavy atom. The first-order valence-corrected chi connectivity index (χ1v) is 12.4. The van der Waals surface area contributed by atoms with E-state index < -0.39 is 22.0 Å². The number of hydrogen-bond donors (Lipinski definition) is 2. The van der Waals surface area contributed by atoms with Crippen LogP contribution >= 0.6 is 0 Å². The summed E-state index contributed by atoms with van der Waals surface area (Å²) < 4.78 is 25.9. The molecule has 0 bridgehead atoms. The Balaban J connectivity index is 1.78. The molecule has 2 N–H and O–H groups in total. The summed E-state index contributed by atoms with van der Waals surface area (Å²) in [5.41, 5.74) is 1.12. The van der Waals surface area contributed by atoms with Crippen LogP contribution in [-0.2, 0) is 14.8 Å². The van der Waals surface area contributed by atoms with Crippen molar-refractivity contribution in [2.24, 2.45) is 0 Å². The van der Waals surface area contributed by atoms with Gasteiger partial charge in [0.2, 0.25) is 15.9 Å². The molecule has 31 heavy (non-hydrogen) atoms. The van der Waals surface area contributed by atoms with Crippen molar-refractivity contribution in [3.8, 4) is 0 Å². The number of hydrogen-bond acceptors (Lipinski definition) is 4. The molecule has 166 valence electrons. The SMILES string of the molecule is C[C@H](C(=O)Nc1ccccc1C(=O)NC1CCCCC1)N(c1ccccc1)S(C)(=O)=O. The van der Waals surface area contributed by atoms with Gasteiger partial charge in [0.25, 0.3) is 5.91 Å². The van der Waals surface area contributed by atoms with E-state index in [0.29, 0.717) is 16.9 Å². The minimum Gasteiger partial charge on any atom is -0.349 e. The lowest BCUT2D eigenvalue weighted by atomic mass is 9.95. The van der Waals surface area contributed by atoms with Crippen LogP contribution in [0.5, 0.6) is 0 Å². The van der Waals surface area contributed by atoms with E-state index in [0.717, 1.165) is 36.2 Å². The molecule has 0 aromatic heterocycles. The standard InChI is InChI=1S/C23H29N3O4S/c1-17(26(31(2,29)30)19-13-7-4-8-14-19)22(27)25-21-16-10-9-15-20(21)23(28)24-18-11-5-3-6-12-18/h4,7-10,13-18H,3,5-6,11-12H2,1-2H3,(H,24,28)(H,25,27)/t17-/m1/s1. The number of nitrogens with one attached hydrogen (secondary N) is 2. The first-order chi connectivity index (χ1) is 14.8. The van der Waals surface area contributed by atoms with Crippen LogP contribution in [0.15, 0.2) is 54.6 Å². The third-order valence-corrected chi connectivity index (χ3v) is 6.71. The van der Waals surface area contributed by atoms with Crippen LogP contribution in [-0.4, -0.2) is 38.6 Å². The number of carbonyl (C=O) groups is 2. The number of carbonyl (C=O) groups excluding carboxylic acids is 2. The number of para-hydroxylation sites is 2. The highest BCUT2D eigenvalue weighted by Crippen LogP contribution is 2.23. The summed E-state index contributed by atoms with van der Waals surface area (Å²) in [6.45, 7) is 1.52. The smallest absolute Gasteiger partial charge is 0.253 e. The Kier molecular flexibility index (Phi) is 7.33. The van der Waals surface area contributed by atoms with Crippen molar-refractivity contribution < 1.29 is 18.0 Å². The van der Waals surface area contributed by atoms with Gasteiger partial charge in [-0.05, 0) is 44.0 Å². The van der Waals surface area contributed by atoms with E-state index in [1.54, 1.807) is 54.6 Å². The van der Waals surface area contributed by atoms with Gasteiger partial charge >= 0.3 is 0 Å². The molecule has 1 aliphatic carbocycles. The molecule has 0 unspecified atom stereocenters. The molecule has 7 nitrogen and oxygen atoms in total. The fourth-order valence-corrected chi connectivity index (χ4v) is 5.10. The molecule has 0 aliphatic heterocycles. The monoisotopic (exact) mass is 443 g/mol. The molecule has 1 fully saturated rings. The summed E-state index contributed by atoms with van der Waals surface area (Å²) in [7, 11) is -3.71. The van der Waals surface area contributed by atoms with Gasteiger partial charge in [-0.2, -0.15) is 0 Å². The van der Waals surface area contributed by atoms with Gasteiger partial charge in [-0.3, -0.25) is 13.9 Å². The fraction of sp³-hybridized carbons (Fsp3) is 0.391. The quantitative estimate of drug-likeness (QED) is 0.684. The van der Waals surface area contributed by atoms with Gasteiger partial charge in [0.05, 0.1) is 23.2 Å². The maximum absolute atomic E-state index is 13.0. The number of anilines is 2. The van der Waals surface area contributed by atoms with Crippen LogP contribution in [0, 0.1) is 0 Å². The Morgan fingerprint density at radius 3 is 2.23 bits per heavy atom. The molecular formula is C23H29N3O4S.